The number of amides is 1. The topological polar surface area (TPSA) is 45.2 Å². The molecule has 0 saturated heterocycles. The normalized spacial score (nSPS) is 14.1. The van der Waals surface area contributed by atoms with Gasteiger partial charge in [-0.3, -0.25) is 9.78 Å². The van der Waals surface area contributed by atoms with E-state index in [1.165, 1.54) is 17.5 Å². The number of hydrogen-bond acceptors (Lipinski definition) is 3. The van der Waals surface area contributed by atoms with Gasteiger partial charge in [0.25, 0.3) is 0 Å². The second kappa shape index (κ2) is 7.79. The van der Waals surface area contributed by atoms with Crippen molar-refractivity contribution in [3.63, 3.8) is 0 Å². The number of pyridine rings is 1. The fourth-order valence-electron chi connectivity index (χ4n) is 3.20. The SMILES string of the molecule is CC(C)CCNCc1cncc(-c2ccc3c(c2)CCC(=O)N3C)c1. The highest BCUT2D eigenvalue weighted by Gasteiger charge is 2.20. The Bertz CT molecular complexity index is 755. The molecule has 4 nitrogen and oxygen atoms in total. The van der Waals surface area contributed by atoms with Crippen molar-refractivity contribution in [1.29, 1.82) is 0 Å². The highest BCUT2D eigenvalue weighted by Crippen LogP contribution is 2.31. The molecule has 1 aliphatic heterocycles. The summed E-state index contributed by atoms with van der Waals surface area (Å²) in [6.45, 7) is 6.35. The first-order valence-electron chi connectivity index (χ1n) is 9.09. The molecule has 4 heteroatoms. The largest absolute Gasteiger partial charge is 0.315 e. The summed E-state index contributed by atoms with van der Waals surface area (Å²) >= 11 is 0. The van der Waals surface area contributed by atoms with Crippen molar-refractivity contribution in [3.8, 4) is 11.1 Å². The second-order valence-corrected chi connectivity index (χ2v) is 7.24. The Morgan fingerprint density at radius 1 is 1.16 bits per heavy atom. The molecule has 0 spiro atoms. The van der Waals surface area contributed by atoms with Crippen LogP contribution in [0.2, 0.25) is 0 Å². The van der Waals surface area contributed by atoms with E-state index in [1.54, 1.807) is 4.90 Å². The van der Waals surface area contributed by atoms with Gasteiger partial charge >= 0.3 is 0 Å². The Balaban J connectivity index is 1.74. The van der Waals surface area contributed by atoms with Crippen molar-refractivity contribution in [2.75, 3.05) is 18.5 Å². The lowest BCUT2D eigenvalue weighted by Crippen LogP contribution is -2.30. The van der Waals surface area contributed by atoms with Gasteiger partial charge in [0.05, 0.1) is 0 Å². The van der Waals surface area contributed by atoms with E-state index in [-0.39, 0.29) is 5.91 Å². The van der Waals surface area contributed by atoms with Gasteiger partial charge in [-0.1, -0.05) is 19.9 Å². The van der Waals surface area contributed by atoms with E-state index in [0.29, 0.717) is 6.42 Å². The van der Waals surface area contributed by atoms with Crippen LogP contribution < -0.4 is 10.2 Å². The first-order valence-corrected chi connectivity index (χ1v) is 9.09. The van der Waals surface area contributed by atoms with Crippen LogP contribution in [0.3, 0.4) is 0 Å². The third-order valence-corrected chi connectivity index (χ3v) is 4.78. The summed E-state index contributed by atoms with van der Waals surface area (Å²) in [5, 5.41) is 3.49. The molecule has 0 radical (unpaired) electrons. The van der Waals surface area contributed by atoms with Crippen LogP contribution in [0.25, 0.3) is 11.1 Å². The minimum absolute atomic E-state index is 0.191. The third-order valence-electron chi connectivity index (χ3n) is 4.78. The van der Waals surface area contributed by atoms with Crippen LogP contribution in [0.1, 0.15) is 37.8 Å². The number of rotatable bonds is 6. The van der Waals surface area contributed by atoms with Crippen LogP contribution in [0.15, 0.2) is 36.7 Å². The van der Waals surface area contributed by atoms with Gasteiger partial charge in [-0.2, -0.15) is 0 Å². The zero-order valence-electron chi connectivity index (χ0n) is 15.4. The Morgan fingerprint density at radius 2 is 2.00 bits per heavy atom. The predicted octanol–water partition coefficient (Wildman–Crippen LogP) is 3.79. The summed E-state index contributed by atoms with van der Waals surface area (Å²) in [5.41, 5.74) is 5.76. The molecular formula is C21H27N3O. The molecule has 2 aromatic rings. The van der Waals surface area contributed by atoms with E-state index in [2.05, 4.69) is 48.4 Å². The average Bonchev–Trinajstić information content (AvgIpc) is 2.62. The molecular weight excluding hydrogens is 310 g/mol. The van der Waals surface area contributed by atoms with Gasteiger partial charge in [0.1, 0.15) is 0 Å². The first kappa shape index (κ1) is 17.6. The van der Waals surface area contributed by atoms with E-state index in [4.69, 9.17) is 0 Å². The molecule has 1 N–H and O–H groups in total. The fraction of sp³-hybridized carbons (Fsp3) is 0.429. The van der Waals surface area contributed by atoms with E-state index in [0.717, 1.165) is 42.2 Å². The van der Waals surface area contributed by atoms with Gasteiger partial charge in [0, 0.05) is 43.7 Å². The Kier molecular flexibility index (Phi) is 5.49. The molecule has 1 aromatic carbocycles. The van der Waals surface area contributed by atoms with Gasteiger partial charge in [-0.25, -0.2) is 0 Å². The molecule has 3 rings (SSSR count). The molecule has 0 bridgehead atoms. The van der Waals surface area contributed by atoms with Gasteiger partial charge in [-0.15, -0.1) is 0 Å². The van der Waals surface area contributed by atoms with Crippen molar-refractivity contribution in [1.82, 2.24) is 10.3 Å². The number of nitrogens with one attached hydrogen (secondary N) is 1. The Hall–Kier alpha value is -2.20. The smallest absolute Gasteiger partial charge is 0.227 e. The number of carbonyl (C=O) groups excluding carboxylic acids is 1. The number of carbonyl (C=O) groups is 1. The Labute approximate surface area is 150 Å². The number of fused-ring (bicyclic) bond motifs is 1. The summed E-state index contributed by atoms with van der Waals surface area (Å²) < 4.78 is 0. The summed E-state index contributed by atoms with van der Waals surface area (Å²) in [6, 6.07) is 8.54. The highest BCUT2D eigenvalue weighted by atomic mass is 16.2. The van der Waals surface area contributed by atoms with Crippen LogP contribution >= 0.6 is 0 Å². The molecule has 1 aromatic heterocycles. The molecule has 1 aliphatic rings. The number of nitrogens with zero attached hydrogens (tertiary/aromatic N) is 2. The maximum atomic E-state index is 11.8. The van der Waals surface area contributed by atoms with Crippen molar-refractivity contribution in [2.24, 2.45) is 5.92 Å². The number of benzene rings is 1. The molecule has 0 unspecified atom stereocenters. The summed E-state index contributed by atoms with van der Waals surface area (Å²) in [5.74, 6) is 0.911. The maximum Gasteiger partial charge on any atom is 0.227 e. The van der Waals surface area contributed by atoms with E-state index in [9.17, 15) is 4.79 Å². The molecule has 132 valence electrons. The lowest BCUT2D eigenvalue weighted by molar-refractivity contribution is -0.118. The summed E-state index contributed by atoms with van der Waals surface area (Å²) in [4.78, 5) is 18.0. The molecule has 0 fully saturated rings. The fourth-order valence-corrected chi connectivity index (χ4v) is 3.20. The zero-order chi connectivity index (χ0) is 17.8. The van der Waals surface area contributed by atoms with Crippen molar-refractivity contribution in [2.45, 2.75) is 39.7 Å². The molecule has 0 aliphatic carbocycles. The predicted molar refractivity (Wildman–Crippen MR) is 103 cm³/mol. The second-order valence-electron chi connectivity index (χ2n) is 7.24. The lowest BCUT2D eigenvalue weighted by Gasteiger charge is -2.26. The van der Waals surface area contributed by atoms with Gasteiger partial charge in [0.15, 0.2) is 0 Å². The van der Waals surface area contributed by atoms with E-state index >= 15 is 0 Å². The first-order chi connectivity index (χ1) is 12.0. The summed E-state index contributed by atoms with van der Waals surface area (Å²) in [6.07, 6.45) is 6.43. The monoisotopic (exact) mass is 337 g/mol. The minimum atomic E-state index is 0.191. The van der Waals surface area contributed by atoms with Crippen LogP contribution in [0, 0.1) is 5.92 Å². The third kappa shape index (κ3) is 4.26. The maximum absolute atomic E-state index is 11.8. The Morgan fingerprint density at radius 3 is 2.80 bits per heavy atom. The minimum Gasteiger partial charge on any atom is -0.315 e. The van der Waals surface area contributed by atoms with Crippen LogP contribution in [-0.4, -0.2) is 24.5 Å². The number of hydrogen-bond donors (Lipinski definition) is 1. The molecule has 2 heterocycles. The molecule has 25 heavy (non-hydrogen) atoms. The van der Waals surface area contributed by atoms with Gasteiger partial charge in [-0.05, 0) is 60.2 Å². The van der Waals surface area contributed by atoms with Crippen LogP contribution in [-0.2, 0) is 17.8 Å². The number of aryl methyl sites for hydroxylation is 1. The van der Waals surface area contributed by atoms with E-state index < -0.39 is 0 Å². The number of anilines is 1. The molecule has 0 saturated carbocycles. The molecule has 1 amide bonds. The van der Waals surface area contributed by atoms with Gasteiger partial charge in [0.2, 0.25) is 5.91 Å². The zero-order valence-corrected chi connectivity index (χ0v) is 15.4. The average molecular weight is 337 g/mol. The quantitative estimate of drug-likeness (QED) is 0.816. The van der Waals surface area contributed by atoms with Gasteiger partial charge < -0.3 is 10.2 Å². The summed E-state index contributed by atoms with van der Waals surface area (Å²) in [7, 11) is 1.85. The van der Waals surface area contributed by atoms with Crippen molar-refractivity contribution < 1.29 is 4.79 Å². The van der Waals surface area contributed by atoms with Crippen LogP contribution in [0.4, 0.5) is 5.69 Å². The highest BCUT2D eigenvalue weighted by molar-refractivity contribution is 5.96. The van der Waals surface area contributed by atoms with Crippen molar-refractivity contribution in [3.05, 3.63) is 47.8 Å². The van der Waals surface area contributed by atoms with Crippen LogP contribution in [0.5, 0.6) is 0 Å². The van der Waals surface area contributed by atoms with Crippen molar-refractivity contribution >= 4 is 11.6 Å². The number of aromatic nitrogens is 1. The van der Waals surface area contributed by atoms with E-state index in [1.807, 2.05) is 19.4 Å². The standard InChI is InChI=1S/C21H27N3O/c1-15(2)8-9-22-12-16-10-19(14-23-13-16)17-4-6-20-18(11-17)5-7-21(25)24(20)3/h4,6,10-11,13-15,22H,5,7-9,12H2,1-3H3. The lowest BCUT2D eigenvalue weighted by atomic mass is 9.96. The molecule has 0 atom stereocenters.